The van der Waals surface area contributed by atoms with Gasteiger partial charge in [0.2, 0.25) is 5.91 Å². The molecule has 2 N–H and O–H groups in total. The Morgan fingerprint density at radius 3 is 2.44 bits per heavy atom. The first-order valence-electron chi connectivity index (χ1n) is 8.06. The number of hydrogen-bond donors (Lipinski definition) is 2. The summed E-state index contributed by atoms with van der Waals surface area (Å²) in [5.41, 5.74) is -0.575. The highest BCUT2D eigenvalue weighted by Crippen LogP contribution is 2.30. The first-order valence-corrected chi connectivity index (χ1v) is 8.06. The van der Waals surface area contributed by atoms with E-state index in [-0.39, 0.29) is 35.1 Å². The summed E-state index contributed by atoms with van der Waals surface area (Å²) < 4.78 is 43.9. The molecular formula is C19H18F3NO4. The van der Waals surface area contributed by atoms with Gasteiger partial charge in [0.15, 0.2) is 0 Å². The van der Waals surface area contributed by atoms with Crippen molar-refractivity contribution in [1.29, 1.82) is 0 Å². The molecule has 5 nitrogen and oxygen atoms in total. The lowest BCUT2D eigenvalue weighted by Crippen LogP contribution is -2.17. The zero-order chi connectivity index (χ0) is 20.2. The summed E-state index contributed by atoms with van der Waals surface area (Å²) >= 11 is 0. The summed E-state index contributed by atoms with van der Waals surface area (Å²) in [6.45, 7) is 3.53. The van der Waals surface area contributed by atoms with E-state index in [0.29, 0.717) is 0 Å². The number of carbonyl (C=O) groups excluding carboxylic acids is 1. The molecule has 0 radical (unpaired) electrons. The lowest BCUT2D eigenvalue weighted by molar-refractivity contribution is -0.137. The zero-order valence-electron chi connectivity index (χ0n) is 14.6. The maximum Gasteiger partial charge on any atom is 0.416 e. The summed E-state index contributed by atoms with van der Waals surface area (Å²) in [6, 6.07) is 8.46. The monoisotopic (exact) mass is 381 g/mol. The Morgan fingerprint density at radius 1 is 1.15 bits per heavy atom. The van der Waals surface area contributed by atoms with Crippen LogP contribution in [0.3, 0.4) is 0 Å². The number of carboxylic acids is 1. The van der Waals surface area contributed by atoms with Gasteiger partial charge in [0.05, 0.1) is 29.3 Å². The second kappa shape index (κ2) is 8.11. The summed E-state index contributed by atoms with van der Waals surface area (Å²) in [5.74, 6) is -1.50. The third-order valence-electron chi connectivity index (χ3n) is 3.48. The first kappa shape index (κ1) is 20.3. The lowest BCUT2D eigenvalue weighted by atomic mass is 10.1. The Kier molecular flexibility index (Phi) is 6.09. The van der Waals surface area contributed by atoms with Gasteiger partial charge in [-0.25, -0.2) is 4.79 Å². The predicted octanol–water partition coefficient (Wildman–Crippen LogP) is 4.37. The van der Waals surface area contributed by atoms with Crippen LogP contribution >= 0.6 is 0 Å². The SMILES string of the molecule is CC(C)Oc1ccc(C(=O)O)cc1NC(=O)Cc1cccc(C(F)(F)F)c1. The van der Waals surface area contributed by atoms with Gasteiger partial charge in [-0.15, -0.1) is 0 Å². The number of anilines is 1. The highest BCUT2D eigenvalue weighted by Gasteiger charge is 2.30. The lowest BCUT2D eigenvalue weighted by Gasteiger charge is -2.16. The van der Waals surface area contributed by atoms with Gasteiger partial charge in [-0.1, -0.05) is 18.2 Å². The average Bonchev–Trinajstić information content (AvgIpc) is 2.55. The van der Waals surface area contributed by atoms with Crippen molar-refractivity contribution in [2.75, 3.05) is 5.32 Å². The number of aromatic carboxylic acids is 1. The number of alkyl halides is 3. The van der Waals surface area contributed by atoms with Gasteiger partial charge in [0.1, 0.15) is 5.75 Å². The van der Waals surface area contributed by atoms with Crippen molar-refractivity contribution in [2.45, 2.75) is 32.5 Å². The fourth-order valence-electron chi connectivity index (χ4n) is 2.35. The molecule has 0 saturated heterocycles. The molecule has 0 atom stereocenters. The van der Waals surface area contributed by atoms with Crippen molar-refractivity contribution in [3.8, 4) is 5.75 Å². The van der Waals surface area contributed by atoms with E-state index in [9.17, 15) is 22.8 Å². The van der Waals surface area contributed by atoms with Gasteiger partial charge in [0, 0.05) is 0 Å². The van der Waals surface area contributed by atoms with E-state index < -0.39 is 23.6 Å². The highest BCUT2D eigenvalue weighted by molar-refractivity contribution is 5.96. The summed E-state index contributed by atoms with van der Waals surface area (Å²) in [7, 11) is 0. The predicted molar refractivity (Wildman–Crippen MR) is 92.9 cm³/mol. The molecule has 0 aliphatic rings. The molecule has 2 aromatic rings. The van der Waals surface area contributed by atoms with Gasteiger partial charge < -0.3 is 15.2 Å². The maximum absolute atomic E-state index is 12.8. The van der Waals surface area contributed by atoms with Crippen molar-refractivity contribution in [1.82, 2.24) is 0 Å². The van der Waals surface area contributed by atoms with E-state index in [4.69, 9.17) is 9.84 Å². The van der Waals surface area contributed by atoms with Gasteiger partial charge in [-0.05, 0) is 43.7 Å². The number of halogens is 3. The van der Waals surface area contributed by atoms with Gasteiger partial charge in [-0.2, -0.15) is 13.2 Å². The minimum atomic E-state index is -4.50. The van der Waals surface area contributed by atoms with Crippen LogP contribution in [0.1, 0.15) is 35.3 Å². The number of amides is 1. The summed E-state index contributed by atoms with van der Waals surface area (Å²) in [5, 5.41) is 11.6. The quantitative estimate of drug-likeness (QED) is 0.779. The summed E-state index contributed by atoms with van der Waals surface area (Å²) in [6.07, 6.45) is -5.03. The molecule has 2 rings (SSSR count). The molecule has 0 bridgehead atoms. The third-order valence-corrected chi connectivity index (χ3v) is 3.48. The molecule has 2 aromatic carbocycles. The Labute approximate surface area is 153 Å². The van der Waals surface area contributed by atoms with E-state index >= 15 is 0 Å². The molecule has 0 heterocycles. The molecule has 1 amide bonds. The normalized spacial score (nSPS) is 11.3. The molecule has 0 aliphatic carbocycles. The van der Waals surface area contributed by atoms with Crippen LogP contribution in [-0.4, -0.2) is 23.1 Å². The van der Waals surface area contributed by atoms with Crippen LogP contribution in [0, 0.1) is 0 Å². The zero-order valence-corrected chi connectivity index (χ0v) is 14.6. The van der Waals surface area contributed by atoms with Crippen LogP contribution in [-0.2, 0) is 17.4 Å². The van der Waals surface area contributed by atoms with Crippen molar-refractivity contribution in [3.05, 3.63) is 59.2 Å². The second-order valence-electron chi connectivity index (χ2n) is 6.11. The van der Waals surface area contributed by atoms with E-state index in [0.717, 1.165) is 12.1 Å². The molecule has 0 aromatic heterocycles. The fraction of sp³-hybridized carbons (Fsp3) is 0.263. The van der Waals surface area contributed by atoms with Crippen LogP contribution in [0.25, 0.3) is 0 Å². The Hall–Kier alpha value is -3.03. The number of rotatable bonds is 6. The number of carboxylic acid groups (broad SMARTS) is 1. The van der Waals surface area contributed by atoms with Crippen LogP contribution < -0.4 is 10.1 Å². The molecule has 0 aliphatic heterocycles. The molecule has 8 heteroatoms. The van der Waals surface area contributed by atoms with E-state index in [1.54, 1.807) is 13.8 Å². The van der Waals surface area contributed by atoms with Crippen LogP contribution in [0.5, 0.6) is 5.75 Å². The van der Waals surface area contributed by atoms with Gasteiger partial charge in [0.25, 0.3) is 0 Å². The minimum absolute atomic E-state index is 0.0551. The topological polar surface area (TPSA) is 75.6 Å². The minimum Gasteiger partial charge on any atom is -0.489 e. The molecule has 0 fully saturated rings. The molecule has 0 saturated carbocycles. The number of ether oxygens (including phenoxy) is 1. The van der Waals surface area contributed by atoms with Crippen LogP contribution in [0.4, 0.5) is 18.9 Å². The van der Waals surface area contributed by atoms with Crippen LogP contribution in [0.15, 0.2) is 42.5 Å². The number of benzene rings is 2. The van der Waals surface area contributed by atoms with Crippen molar-refractivity contribution in [2.24, 2.45) is 0 Å². The largest absolute Gasteiger partial charge is 0.489 e. The Balaban J connectivity index is 2.21. The van der Waals surface area contributed by atoms with Gasteiger partial charge in [-0.3, -0.25) is 4.79 Å². The smallest absolute Gasteiger partial charge is 0.416 e. The van der Waals surface area contributed by atoms with Crippen molar-refractivity contribution >= 4 is 17.6 Å². The molecule has 144 valence electrons. The van der Waals surface area contributed by atoms with Crippen LogP contribution in [0.2, 0.25) is 0 Å². The van der Waals surface area contributed by atoms with Crippen molar-refractivity contribution < 1.29 is 32.6 Å². The van der Waals surface area contributed by atoms with E-state index in [2.05, 4.69) is 5.32 Å². The van der Waals surface area contributed by atoms with E-state index in [1.807, 2.05) is 0 Å². The maximum atomic E-state index is 12.8. The fourth-order valence-corrected chi connectivity index (χ4v) is 2.35. The first-order chi connectivity index (χ1) is 12.6. The standard InChI is InChI=1S/C19H18F3NO4/c1-11(2)27-16-7-6-13(18(25)26)10-15(16)23-17(24)9-12-4-3-5-14(8-12)19(20,21)22/h3-8,10-11H,9H2,1-2H3,(H,23,24)(H,25,26). The Morgan fingerprint density at radius 2 is 1.85 bits per heavy atom. The molecule has 0 unspecified atom stereocenters. The highest BCUT2D eigenvalue weighted by atomic mass is 19.4. The van der Waals surface area contributed by atoms with Crippen molar-refractivity contribution in [3.63, 3.8) is 0 Å². The molecule has 27 heavy (non-hydrogen) atoms. The molecular weight excluding hydrogens is 363 g/mol. The summed E-state index contributed by atoms with van der Waals surface area (Å²) in [4.78, 5) is 23.4. The van der Waals surface area contributed by atoms with Gasteiger partial charge >= 0.3 is 12.1 Å². The number of hydrogen-bond acceptors (Lipinski definition) is 3. The van der Waals surface area contributed by atoms with E-state index in [1.165, 1.54) is 30.3 Å². The third kappa shape index (κ3) is 5.73. The number of carbonyl (C=O) groups is 2. The molecule has 0 spiro atoms. The second-order valence-corrected chi connectivity index (χ2v) is 6.11. The Bertz CT molecular complexity index is 847. The average molecular weight is 381 g/mol. The number of nitrogens with one attached hydrogen (secondary N) is 1.